The Bertz CT molecular complexity index is 701. The van der Waals surface area contributed by atoms with Gasteiger partial charge in [0, 0.05) is 44.6 Å². The summed E-state index contributed by atoms with van der Waals surface area (Å²) in [6.07, 6.45) is 26.8. The molecule has 52 heavy (non-hydrogen) atoms. The van der Waals surface area contributed by atoms with Crippen molar-refractivity contribution < 1.29 is 24.2 Å². The fourth-order valence-corrected chi connectivity index (χ4v) is 7.18. The van der Waals surface area contributed by atoms with E-state index in [9.17, 15) is 14.7 Å². The van der Waals surface area contributed by atoms with E-state index >= 15 is 0 Å². The monoisotopic (exact) mass is 740 g/mol. The lowest BCUT2D eigenvalue weighted by Gasteiger charge is -2.34. The van der Waals surface area contributed by atoms with Crippen molar-refractivity contribution in [3.8, 4) is 0 Å². The number of carbonyl (C=O) groups excluding carboxylic acids is 2. The maximum atomic E-state index is 12.5. The standard InChI is InChI=1S/C44H89N3O5/c1-7-11-15-23-31-45(32-24-16-12-8-2)36-39-51-43(49)29-21-19-27-41(5)47(35-38-48)42(6)28-20-22-30-44(50)52-40-37-46(33-25-17-13-9-3)34-26-18-14-10-4/h41-42,48H,7-40H2,1-6H3. The van der Waals surface area contributed by atoms with Crippen molar-refractivity contribution in [2.75, 3.05) is 65.6 Å². The van der Waals surface area contributed by atoms with Gasteiger partial charge in [0.25, 0.3) is 0 Å². The third-order valence-corrected chi connectivity index (χ3v) is 10.6. The highest BCUT2D eigenvalue weighted by molar-refractivity contribution is 5.69. The van der Waals surface area contributed by atoms with E-state index in [1.807, 2.05) is 0 Å². The Kier molecular flexibility index (Phi) is 37.2. The first kappa shape index (κ1) is 50.8. The van der Waals surface area contributed by atoms with E-state index in [-0.39, 0.29) is 18.5 Å². The van der Waals surface area contributed by atoms with Crippen molar-refractivity contribution in [3.63, 3.8) is 0 Å². The van der Waals surface area contributed by atoms with Crippen LogP contribution in [0.1, 0.15) is 196 Å². The summed E-state index contributed by atoms with van der Waals surface area (Å²) in [6, 6.07) is 0.646. The maximum Gasteiger partial charge on any atom is 0.305 e. The summed E-state index contributed by atoms with van der Waals surface area (Å²) in [5.41, 5.74) is 0. The molecule has 0 spiro atoms. The van der Waals surface area contributed by atoms with Crippen LogP contribution in [0, 0.1) is 0 Å². The molecule has 0 rings (SSSR count). The van der Waals surface area contributed by atoms with Gasteiger partial charge in [-0.2, -0.15) is 0 Å². The van der Waals surface area contributed by atoms with E-state index in [1.54, 1.807) is 0 Å². The molecular formula is C44H89N3O5. The number of aliphatic hydroxyl groups is 1. The molecule has 0 aliphatic heterocycles. The summed E-state index contributed by atoms with van der Waals surface area (Å²) in [5, 5.41) is 9.78. The second-order valence-electron chi connectivity index (χ2n) is 15.5. The van der Waals surface area contributed by atoms with Gasteiger partial charge in [0.15, 0.2) is 0 Å². The fraction of sp³-hybridized carbons (Fsp3) is 0.955. The molecule has 0 radical (unpaired) electrons. The van der Waals surface area contributed by atoms with Crippen LogP contribution in [0.3, 0.4) is 0 Å². The molecule has 2 atom stereocenters. The average molecular weight is 740 g/mol. The first-order chi connectivity index (χ1) is 25.3. The summed E-state index contributed by atoms with van der Waals surface area (Å²) in [4.78, 5) is 32.4. The molecule has 0 saturated carbocycles. The Hall–Kier alpha value is -1.22. The number of hydrogen-bond acceptors (Lipinski definition) is 8. The molecule has 0 saturated heterocycles. The SMILES string of the molecule is CCCCCCN(CCCCCC)CCOC(=O)CCCCC(C)N(CCO)C(C)CCCCC(=O)OCCN(CCCCCC)CCCCCC. The Balaban J connectivity index is 4.36. The fourth-order valence-electron chi connectivity index (χ4n) is 7.18. The molecule has 0 aromatic rings. The summed E-state index contributed by atoms with van der Waals surface area (Å²) >= 11 is 0. The van der Waals surface area contributed by atoms with Crippen LogP contribution in [-0.2, 0) is 19.1 Å². The van der Waals surface area contributed by atoms with Gasteiger partial charge in [-0.25, -0.2) is 0 Å². The van der Waals surface area contributed by atoms with Gasteiger partial charge in [-0.05, 0) is 91.4 Å². The van der Waals surface area contributed by atoms with E-state index < -0.39 is 0 Å². The minimum absolute atomic E-state index is 0.0779. The summed E-state index contributed by atoms with van der Waals surface area (Å²) in [7, 11) is 0. The molecule has 0 aromatic heterocycles. The van der Waals surface area contributed by atoms with E-state index in [0.717, 1.165) is 77.8 Å². The summed E-state index contributed by atoms with van der Waals surface area (Å²) < 4.78 is 11.3. The average Bonchev–Trinajstić information content (AvgIpc) is 3.13. The third-order valence-electron chi connectivity index (χ3n) is 10.6. The van der Waals surface area contributed by atoms with Crippen molar-refractivity contribution in [3.05, 3.63) is 0 Å². The molecule has 0 amide bonds. The molecule has 0 aromatic carbocycles. The van der Waals surface area contributed by atoms with E-state index in [4.69, 9.17) is 9.47 Å². The number of rotatable bonds is 40. The van der Waals surface area contributed by atoms with Crippen LogP contribution in [0.2, 0.25) is 0 Å². The molecule has 1 N–H and O–H groups in total. The van der Waals surface area contributed by atoms with Crippen molar-refractivity contribution in [1.82, 2.24) is 14.7 Å². The van der Waals surface area contributed by atoms with Gasteiger partial charge in [0.2, 0.25) is 0 Å². The first-order valence-electron chi connectivity index (χ1n) is 22.4. The van der Waals surface area contributed by atoms with Gasteiger partial charge in [-0.15, -0.1) is 0 Å². The lowest BCUT2D eigenvalue weighted by Crippen LogP contribution is -2.42. The highest BCUT2D eigenvalue weighted by atomic mass is 16.5. The molecular weight excluding hydrogens is 650 g/mol. The van der Waals surface area contributed by atoms with Gasteiger partial charge in [0.05, 0.1) is 6.61 Å². The second kappa shape index (κ2) is 38.1. The Morgan fingerprint density at radius 1 is 0.462 bits per heavy atom. The molecule has 8 nitrogen and oxygen atoms in total. The zero-order chi connectivity index (χ0) is 38.5. The number of nitrogens with zero attached hydrogens (tertiary/aromatic N) is 3. The van der Waals surface area contributed by atoms with Crippen LogP contribution in [0.25, 0.3) is 0 Å². The van der Waals surface area contributed by atoms with E-state index in [2.05, 4.69) is 56.2 Å². The number of aliphatic hydroxyl groups excluding tert-OH is 1. The quantitative estimate of drug-likeness (QED) is 0.0491. The van der Waals surface area contributed by atoms with Gasteiger partial charge < -0.3 is 14.6 Å². The summed E-state index contributed by atoms with van der Waals surface area (Å²) in [6.45, 7) is 21.3. The van der Waals surface area contributed by atoms with Gasteiger partial charge in [-0.1, -0.05) is 118 Å². The van der Waals surface area contributed by atoms with Crippen molar-refractivity contribution in [2.24, 2.45) is 0 Å². The lowest BCUT2D eigenvalue weighted by molar-refractivity contribution is -0.145. The lowest BCUT2D eigenvalue weighted by atomic mass is 10.0. The minimum Gasteiger partial charge on any atom is -0.464 e. The zero-order valence-electron chi connectivity index (χ0n) is 35.6. The number of carbonyl (C=O) groups is 2. The first-order valence-corrected chi connectivity index (χ1v) is 22.4. The molecule has 8 heteroatoms. The topological polar surface area (TPSA) is 82.6 Å². The van der Waals surface area contributed by atoms with Crippen molar-refractivity contribution in [1.29, 1.82) is 0 Å². The Morgan fingerprint density at radius 3 is 1.12 bits per heavy atom. The predicted octanol–water partition coefficient (Wildman–Crippen LogP) is 10.2. The molecule has 0 fully saturated rings. The van der Waals surface area contributed by atoms with Crippen LogP contribution < -0.4 is 0 Å². The molecule has 0 heterocycles. The number of hydrogen-bond donors (Lipinski definition) is 1. The van der Waals surface area contributed by atoms with Crippen LogP contribution in [-0.4, -0.2) is 109 Å². The highest BCUT2D eigenvalue weighted by Gasteiger charge is 2.20. The highest BCUT2D eigenvalue weighted by Crippen LogP contribution is 2.18. The van der Waals surface area contributed by atoms with Gasteiger partial charge >= 0.3 is 11.9 Å². The van der Waals surface area contributed by atoms with Crippen LogP contribution in [0.5, 0.6) is 0 Å². The van der Waals surface area contributed by atoms with E-state index in [0.29, 0.717) is 44.7 Å². The van der Waals surface area contributed by atoms with E-state index in [1.165, 1.54) is 103 Å². The number of ether oxygens (including phenoxy) is 2. The molecule has 0 bridgehead atoms. The van der Waals surface area contributed by atoms with Crippen molar-refractivity contribution >= 4 is 11.9 Å². The second-order valence-corrected chi connectivity index (χ2v) is 15.5. The largest absolute Gasteiger partial charge is 0.464 e. The molecule has 0 aliphatic carbocycles. The van der Waals surface area contributed by atoms with Crippen LogP contribution in [0.4, 0.5) is 0 Å². The minimum atomic E-state index is -0.0779. The van der Waals surface area contributed by atoms with Gasteiger partial charge in [-0.3, -0.25) is 24.3 Å². The molecule has 2 unspecified atom stereocenters. The van der Waals surface area contributed by atoms with Crippen LogP contribution >= 0.6 is 0 Å². The van der Waals surface area contributed by atoms with Crippen LogP contribution in [0.15, 0.2) is 0 Å². The van der Waals surface area contributed by atoms with Crippen molar-refractivity contribution in [2.45, 2.75) is 208 Å². The summed E-state index contributed by atoms with van der Waals surface area (Å²) in [5.74, 6) is -0.156. The number of unbranched alkanes of at least 4 members (excludes halogenated alkanes) is 14. The predicted molar refractivity (Wildman–Crippen MR) is 221 cm³/mol. The maximum absolute atomic E-state index is 12.5. The molecule has 0 aliphatic rings. The smallest absolute Gasteiger partial charge is 0.305 e. The third kappa shape index (κ3) is 31.2. The number of esters is 2. The van der Waals surface area contributed by atoms with Gasteiger partial charge in [0.1, 0.15) is 13.2 Å². The Morgan fingerprint density at radius 2 is 0.808 bits per heavy atom. The zero-order valence-corrected chi connectivity index (χ0v) is 35.6. The Labute approximate surface area is 323 Å². The normalized spacial score (nSPS) is 13.0. The molecule has 310 valence electrons.